The van der Waals surface area contributed by atoms with Gasteiger partial charge in [0.15, 0.2) is 11.5 Å². The molecule has 1 amide bonds. The lowest BCUT2D eigenvalue weighted by Gasteiger charge is -2.18. The van der Waals surface area contributed by atoms with Gasteiger partial charge in [-0.25, -0.2) is 0 Å². The molecular weight excluding hydrogens is 390 g/mol. The topological polar surface area (TPSA) is 73.8 Å². The number of hydrogen-bond acceptors (Lipinski definition) is 7. The molecule has 7 nitrogen and oxygen atoms in total. The van der Waals surface area contributed by atoms with Crippen molar-refractivity contribution in [1.82, 2.24) is 10.2 Å². The standard InChI is InChI=1S/C21H23N3O4S/c1-5-18(25)24(13-14-9-7-6-8-10-14)21-23-22-20(29-21)15-11-16(26-2)19(28-4)17(12-15)27-3/h6-12H,5,13H2,1-4H3. The Bertz CT molecular complexity index is 950. The minimum absolute atomic E-state index is 0.0126. The van der Waals surface area contributed by atoms with E-state index in [1.165, 1.54) is 11.3 Å². The van der Waals surface area contributed by atoms with E-state index in [-0.39, 0.29) is 5.91 Å². The third-order valence-electron chi connectivity index (χ3n) is 4.34. The maximum atomic E-state index is 12.6. The minimum Gasteiger partial charge on any atom is -0.493 e. The van der Waals surface area contributed by atoms with Crippen LogP contribution in [0.15, 0.2) is 42.5 Å². The lowest BCUT2D eigenvalue weighted by atomic mass is 10.2. The summed E-state index contributed by atoms with van der Waals surface area (Å²) in [5.41, 5.74) is 1.80. The molecule has 2 aromatic carbocycles. The largest absolute Gasteiger partial charge is 0.493 e. The first-order valence-corrected chi connectivity index (χ1v) is 9.91. The van der Waals surface area contributed by atoms with Crippen molar-refractivity contribution in [2.24, 2.45) is 0 Å². The number of carbonyl (C=O) groups excluding carboxylic acids is 1. The van der Waals surface area contributed by atoms with Gasteiger partial charge in [0.25, 0.3) is 0 Å². The lowest BCUT2D eigenvalue weighted by molar-refractivity contribution is -0.118. The van der Waals surface area contributed by atoms with Crippen molar-refractivity contribution in [3.05, 3.63) is 48.0 Å². The molecule has 3 aromatic rings. The highest BCUT2D eigenvalue weighted by molar-refractivity contribution is 7.18. The Balaban J connectivity index is 1.97. The average molecular weight is 413 g/mol. The van der Waals surface area contributed by atoms with Crippen LogP contribution in [0.1, 0.15) is 18.9 Å². The lowest BCUT2D eigenvalue weighted by Crippen LogP contribution is -2.29. The number of hydrogen-bond donors (Lipinski definition) is 0. The molecule has 0 saturated heterocycles. The molecule has 0 aliphatic carbocycles. The van der Waals surface area contributed by atoms with Crippen LogP contribution in [0.2, 0.25) is 0 Å². The third kappa shape index (κ3) is 4.48. The van der Waals surface area contributed by atoms with Crippen molar-refractivity contribution in [2.45, 2.75) is 19.9 Å². The van der Waals surface area contributed by atoms with Gasteiger partial charge in [-0.15, -0.1) is 10.2 Å². The molecular formula is C21H23N3O4S. The number of ether oxygens (including phenoxy) is 3. The SMILES string of the molecule is CCC(=O)N(Cc1ccccc1)c1nnc(-c2cc(OC)c(OC)c(OC)c2)s1. The van der Waals surface area contributed by atoms with Crippen LogP contribution >= 0.6 is 11.3 Å². The molecule has 8 heteroatoms. The number of amides is 1. The fourth-order valence-corrected chi connectivity index (χ4v) is 3.71. The summed E-state index contributed by atoms with van der Waals surface area (Å²) in [5.74, 6) is 1.56. The first-order valence-electron chi connectivity index (χ1n) is 9.09. The minimum atomic E-state index is -0.0126. The summed E-state index contributed by atoms with van der Waals surface area (Å²) >= 11 is 1.34. The van der Waals surface area contributed by atoms with Crippen LogP contribution in [0.3, 0.4) is 0 Å². The highest BCUT2D eigenvalue weighted by Gasteiger charge is 2.21. The maximum absolute atomic E-state index is 12.6. The summed E-state index contributed by atoms with van der Waals surface area (Å²) in [7, 11) is 4.68. The summed E-state index contributed by atoms with van der Waals surface area (Å²) < 4.78 is 16.2. The summed E-state index contributed by atoms with van der Waals surface area (Å²) in [6.45, 7) is 2.28. The van der Waals surface area contributed by atoms with Gasteiger partial charge >= 0.3 is 0 Å². The van der Waals surface area contributed by atoms with Gasteiger partial charge in [-0.3, -0.25) is 9.69 Å². The zero-order valence-electron chi connectivity index (χ0n) is 16.8. The van der Waals surface area contributed by atoms with E-state index in [1.54, 1.807) is 26.2 Å². The predicted molar refractivity (Wildman–Crippen MR) is 113 cm³/mol. The second-order valence-corrected chi connectivity index (χ2v) is 7.08. The van der Waals surface area contributed by atoms with Crippen molar-refractivity contribution >= 4 is 22.4 Å². The molecule has 0 aliphatic rings. The Labute approximate surface area is 173 Å². The van der Waals surface area contributed by atoms with Crippen LogP contribution in [-0.2, 0) is 11.3 Å². The van der Waals surface area contributed by atoms with Gasteiger partial charge in [0.05, 0.1) is 27.9 Å². The van der Waals surface area contributed by atoms with E-state index in [0.717, 1.165) is 11.1 Å². The van der Waals surface area contributed by atoms with Crippen LogP contribution in [0.5, 0.6) is 17.2 Å². The van der Waals surface area contributed by atoms with Gasteiger partial charge in [0.1, 0.15) is 5.01 Å². The first kappa shape index (κ1) is 20.6. The third-order valence-corrected chi connectivity index (χ3v) is 5.34. The zero-order valence-corrected chi connectivity index (χ0v) is 17.7. The smallest absolute Gasteiger partial charge is 0.228 e. The van der Waals surface area contributed by atoms with Crippen molar-refractivity contribution < 1.29 is 19.0 Å². The van der Waals surface area contributed by atoms with Crippen molar-refractivity contribution in [3.63, 3.8) is 0 Å². The number of benzene rings is 2. The Morgan fingerprint density at radius 2 is 1.66 bits per heavy atom. The second-order valence-electron chi connectivity index (χ2n) is 6.12. The molecule has 0 N–H and O–H groups in total. The average Bonchev–Trinajstić information content (AvgIpc) is 3.26. The molecule has 152 valence electrons. The predicted octanol–water partition coefficient (Wildman–Crippen LogP) is 4.17. The molecule has 0 atom stereocenters. The van der Waals surface area contributed by atoms with Crippen LogP contribution in [0, 0.1) is 0 Å². The van der Waals surface area contributed by atoms with E-state index in [1.807, 2.05) is 49.4 Å². The zero-order chi connectivity index (χ0) is 20.8. The van der Waals surface area contributed by atoms with Crippen molar-refractivity contribution in [1.29, 1.82) is 0 Å². The molecule has 3 rings (SSSR count). The van der Waals surface area contributed by atoms with Crippen molar-refractivity contribution in [2.75, 3.05) is 26.2 Å². The molecule has 29 heavy (non-hydrogen) atoms. The first-order chi connectivity index (χ1) is 14.1. The van der Waals surface area contributed by atoms with Gasteiger partial charge < -0.3 is 14.2 Å². The highest BCUT2D eigenvalue weighted by Crippen LogP contribution is 2.42. The molecule has 0 radical (unpaired) electrons. The molecule has 0 bridgehead atoms. The summed E-state index contributed by atoms with van der Waals surface area (Å²) in [6, 6.07) is 13.4. The van der Waals surface area contributed by atoms with Gasteiger partial charge in [-0.05, 0) is 17.7 Å². The Kier molecular flexibility index (Phi) is 6.66. The van der Waals surface area contributed by atoms with Gasteiger partial charge in [0, 0.05) is 12.0 Å². The van der Waals surface area contributed by atoms with Crippen LogP contribution in [-0.4, -0.2) is 37.4 Å². The quantitative estimate of drug-likeness (QED) is 0.552. The maximum Gasteiger partial charge on any atom is 0.228 e. The number of carbonyl (C=O) groups is 1. The Morgan fingerprint density at radius 3 is 2.21 bits per heavy atom. The van der Waals surface area contributed by atoms with E-state index >= 15 is 0 Å². The van der Waals surface area contributed by atoms with Crippen LogP contribution < -0.4 is 19.1 Å². The summed E-state index contributed by atoms with van der Waals surface area (Å²) in [5, 5.41) is 9.77. The summed E-state index contributed by atoms with van der Waals surface area (Å²) in [6.07, 6.45) is 0.381. The highest BCUT2D eigenvalue weighted by atomic mass is 32.1. The van der Waals surface area contributed by atoms with Gasteiger partial charge in [0.2, 0.25) is 16.8 Å². The summed E-state index contributed by atoms with van der Waals surface area (Å²) in [4.78, 5) is 14.2. The molecule has 0 fully saturated rings. The number of methoxy groups -OCH3 is 3. The number of aromatic nitrogens is 2. The molecule has 1 aromatic heterocycles. The van der Waals surface area contributed by atoms with Gasteiger partial charge in [-0.1, -0.05) is 48.6 Å². The molecule has 0 saturated carbocycles. The monoisotopic (exact) mass is 413 g/mol. The van der Waals surface area contributed by atoms with Crippen molar-refractivity contribution in [3.8, 4) is 27.8 Å². The van der Waals surface area contributed by atoms with Crippen LogP contribution in [0.25, 0.3) is 10.6 Å². The number of rotatable bonds is 8. The second kappa shape index (κ2) is 9.38. The fraction of sp³-hybridized carbons (Fsp3) is 0.286. The normalized spacial score (nSPS) is 10.5. The van der Waals surface area contributed by atoms with E-state index in [2.05, 4.69) is 10.2 Å². The molecule has 0 aliphatic heterocycles. The van der Waals surface area contributed by atoms with E-state index < -0.39 is 0 Å². The molecule has 0 spiro atoms. The van der Waals surface area contributed by atoms with E-state index in [4.69, 9.17) is 14.2 Å². The Hall–Kier alpha value is -3.13. The fourth-order valence-electron chi connectivity index (χ4n) is 2.87. The van der Waals surface area contributed by atoms with Gasteiger partial charge in [-0.2, -0.15) is 0 Å². The van der Waals surface area contributed by atoms with E-state index in [9.17, 15) is 4.79 Å². The van der Waals surface area contributed by atoms with Crippen LogP contribution in [0.4, 0.5) is 5.13 Å². The Morgan fingerprint density at radius 1 is 1.00 bits per heavy atom. The molecule has 0 unspecified atom stereocenters. The van der Waals surface area contributed by atoms with E-state index in [0.29, 0.717) is 40.4 Å². The number of nitrogens with zero attached hydrogens (tertiary/aromatic N) is 3. The number of anilines is 1. The molecule has 1 heterocycles.